The minimum absolute atomic E-state index is 0.435. The Hall–Kier alpha value is -0.120. The van der Waals surface area contributed by atoms with Crippen LogP contribution in [0.4, 0.5) is 0 Å². The molecule has 0 radical (unpaired) electrons. The molecule has 0 spiro atoms. The van der Waals surface area contributed by atoms with Gasteiger partial charge >= 0.3 is 0 Å². The second kappa shape index (κ2) is 6.46. The van der Waals surface area contributed by atoms with E-state index in [0.29, 0.717) is 18.2 Å². The predicted octanol–water partition coefficient (Wildman–Crippen LogP) is 1.48. The molecule has 2 heterocycles. The van der Waals surface area contributed by atoms with Crippen LogP contribution in [0.2, 0.25) is 0 Å². The van der Waals surface area contributed by atoms with E-state index in [0.717, 1.165) is 26.2 Å². The second-order valence-corrected chi connectivity index (χ2v) is 4.30. The molecule has 0 bridgehead atoms. The van der Waals surface area contributed by atoms with Crippen LogP contribution in [0.1, 0.15) is 34.1 Å². The summed E-state index contributed by atoms with van der Waals surface area (Å²) in [5.74, 6) is 0. The summed E-state index contributed by atoms with van der Waals surface area (Å²) in [5.41, 5.74) is 0. The Kier molecular flexibility index (Phi) is 5.58. The lowest BCUT2D eigenvalue weighted by Gasteiger charge is -2.45. The first-order valence-electron chi connectivity index (χ1n) is 6.37. The Morgan fingerprint density at radius 2 is 2.07 bits per heavy atom. The SMILES string of the molecule is CC.CC(C)N1CCOC2CNCCC21. The summed E-state index contributed by atoms with van der Waals surface area (Å²) in [6.45, 7) is 12.8. The molecule has 0 saturated carbocycles. The number of morpholine rings is 1. The van der Waals surface area contributed by atoms with Gasteiger partial charge in [-0.2, -0.15) is 0 Å². The number of nitrogens with zero attached hydrogens (tertiary/aromatic N) is 1. The molecule has 2 atom stereocenters. The summed E-state index contributed by atoms with van der Waals surface area (Å²) in [6, 6.07) is 1.32. The summed E-state index contributed by atoms with van der Waals surface area (Å²) in [5, 5.41) is 3.39. The molecule has 0 aliphatic carbocycles. The van der Waals surface area contributed by atoms with E-state index < -0.39 is 0 Å². The monoisotopic (exact) mass is 214 g/mol. The predicted molar refractivity (Wildman–Crippen MR) is 64.2 cm³/mol. The van der Waals surface area contributed by atoms with Crippen LogP contribution >= 0.6 is 0 Å². The maximum Gasteiger partial charge on any atom is 0.0855 e. The number of rotatable bonds is 1. The van der Waals surface area contributed by atoms with E-state index >= 15 is 0 Å². The summed E-state index contributed by atoms with van der Waals surface area (Å²) in [4.78, 5) is 2.59. The number of nitrogens with one attached hydrogen (secondary N) is 1. The Morgan fingerprint density at radius 1 is 1.33 bits per heavy atom. The van der Waals surface area contributed by atoms with Gasteiger partial charge in [-0.1, -0.05) is 13.8 Å². The Morgan fingerprint density at radius 3 is 2.73 bits per heavy atom. The zero-order valence-electron chi connectivity index (χ0n) is 10.6. The van der Waals surface area contributed by atoms with Crippen molar-refractivity contribution in [2.24, 2.45) is 0 Å². The quantitative estimate of drug-likeness (QED) is 0.715. The van der Waals surface area contributed by atoms with Crippen molar-refractivity contribution < 1.29 is 4.74 Å². The van der Waals surface area contributed by atoms with E-state index in [1.807, 2.05) is 13.8 Å². The molecular formula is C12H26N2O. The smallest absolute Gasteiger partial charge is 0.0855 e. The highest BCUT2D eigenvalue weighted by molar-refractivity contribution is 4.90. The summed E-state index contributed by atoms with van der Waals surface area (Å²) in [7, 11) is 0. The van der Waals surface area contributed by atoms with Gasteiger partial charge in [0.15, 0.2) is 0 Å². The van der Waals surface area contributed by atoms with Crippen molar-refractivity contribution in [3.63, 3.8) is 0 Å². The van der Waals surface area contributed by atoms with Crippen LogP contribution in [0.3, 0.4) is 0 Å². The summed E-state index contributed by atoms with van der Waals surface area (Å²) in [6.07, 6.45) is 1.67. The van der Waals surface area contributed by atoms with E-state index in [2.05, 4.69) is 24.1 Å². The molecule has 0 aromatic heterocycles. The third-order valence-corrected chi connectivity index (χ3v) is 3.16. The fourth-order valence-electron chi connectivity index (χ4n) is 2.48. The van der Waals surface area contributed by atoms with Gasteiger partial charge in [-0.15, -0.1) is 0 Å². The van der Waals surface area contributed by atoms with Crippen molar-refractivity contribution in [2.75, 3.05) is 26.2 Å². The number of hydrogen-bond donors (Lipinski definition) is 1. The van der Waals surface area contributed by atoms with Gasteiger partial charge in [0.05, 0.1) is 12.7 Å². The maximum atomic E-state index is 5.76. The Bertz CT molecular complexity index is 171. The first kappa shape index (κ1) is 12.9. The van der Waals surface area contributed by atoms with Crippen molar-refractivity contribution in [2.45, 2.75) is 52.3 Å². The summed E-state index contributed by atoms with van der Waals surface area (Å²) < 4.78 is 5.76. The first-order valence-corrected chi connectivity index (χ1v) is 6.37. The van der Waals surface area contributed by atoms with Crippen molar-refractivity contribution >= 4 is 0 Å². The van der Waals surface area contributed by atoms with Crippen molar-refractivity contribution in [3.8, 4) is 0 Å². The van der Waals surface area contributed by atoms with Gasteiger partial charge in [-0.3, -0.25) is 4.90 Å². The van der Waals surface area contributed by atoms with Gasteiger partial charge in [0.25, 0.3) is 0 Å². The topological polar surface area (TPSA) is 24.5 Å². The van der Waals surface area contributed by atoms with Crippen LogP contribution in [0.5, 0.6) is 0 Å². The van der Waals surface area contributed by atoms with Gasteiger partial charge in [0.2, 0.25) is 0 Å². The van der Waals surface area contributed by atoms with Crippen LogP contribution in [-0.4, -0.2) is 49.3 Å². The van der Waals surface area contributed by atoms with Gasteiger partial charge < -0.3 is 10.1 Å². The minimum atomic E-state index is 0.435. The van der Waals surface area contributed by atoms with Gasteiger partial charge in [-0.25, -0.2) is 0 Å². The highest BCUT2D eigenvalue weighted by Crippen LogP contribution is 2.21. The highest BCUT2D eigenvalue weighted by Gasteiger charge is 2.34. The average Bonchev–Trinajstić information content (AvgIpc) is 2.31. The largest absolute Gasteiger partial charge is 0.374 e. The maximum absolute atomic E-state index is 5.76. The average molecular weight is 214 g/mol. The molecule has 2 rings (SSSR count). The zero-order chi connectivity index (χ0) is 11.3. The lowest BCUT2D eigenvalue weighted by Crippen LogP contribution is -2.60. The van der Waals surface area contributed by atoms with E-state index in [1.54, 1.807) is 0 Å². The molecule has 2 aliphatic rings. The fourth-order valence-corrected chi connectivity index (χ4v) is 2.48. The second-order valence-electron chi connectivity index (χ2n) is 4.30. The van der Waals surface area contributed by atoms with E-state index in [-0.39, 0.29) is 0 Å². The molecule has 0 aromatic carbocycles. The lowest BCUT2D eigenvalue weighted by molar-refractivity contribution is -0.0913. The van der Waals surface area contributed by atoms with Crippen LogP contribution in [-0.2, 0) is 4.74 Å². The Labute approximate surface area is 94.2 Å². The van der Waals surface area contributed by atoms with Crippen LogP contribution in [0.25, 0.3) is 0 Å². The molecule has 0 amide bonds. The van der Waals surface area contributed by atoms with Gasteiger partial charge in [-0.05, 0) is 26.8 Å². The van der Waals surface area contributed by atoms with Crippen molar-refractivity contribution in [1.82, 2.24) is 10.2 Å². The number of hydrogen-bond acceptors (Lipinski definition) is 3. The molecule has 2 saturated heterocycles. The summed E-state index contributed by atoms with van der Waals surface area (Å²) >= 11 is 0. The van der Waals surface area contributed by atoms with Crippen LogP contribution in [0, 0.1) is 0 Å². The van der Waals surface area contributed by atoms with Crippen molar-refractivity contribution in [1.29, 1.82) is 0 Å². The number of fused-ring (bicyclic) bond motifs is 1. The molecule has 3 heteroatoms. The van der Waals surface area contributed by atoms with Gasteiger partial charge in [0, 0.05) is 25.2 Å². The molecular weight excluding hydrogens is 188 g/mol. The minimum Gasteiger partial charge on any atom is -0.374 e. The Balaban J connectivity index is 0.000000531. The first-order chi connectivity index (χ1) is 7.29. The molecule has 15 heavy (non-hydrogen) atoms. The van der Waals surface area contributed by atoms with E-state index in [1.165, 1.54) is 6.42 Å². The third-order valence-electron chi connectivity index (χ3n) is 3.16. The molecule has 2 fully saturated rings. The van der Waals surface area contributed by atoms with Crippen molar-refractivity contribution in [3.05, 3.63) is 0 Å². The normalized spacial score (nSPS) is 31.8. The number of piperidine rings is 1. The molecule has 0 aromatic rings. The van der Waals surface area contributed by atoms with Crippen LogP contribution < -0.4 is 5.32 Å². The molecule has 3 nitrogen and oxygen atoms in total. The van der Waals surface area contributed by atoms with Crippen LogP contribution in [0.15, 0.2) is 0 Å². The standard InChI is InChI=1S/C10H20N2O.C2H6/c1-8(2)12-5-6-13-10-7-11-4-3-9(10)12;1-2/h8-11H,3-7H2,1-2H3;1-2H3. The molecule has 90 valence electrons. The molecule has 1 N–H and O–H groups in total. The van der Waals surface area contributed by atoms with E-state index in [9.17, 15) is 0 Å². The van der Waals surface area contributed by atoms with Gasteiger partial charge in [0.1, 0.15) is 0 Å². The number of ether oxygens (including phenoxy) is 1. The van der Waals surface area contributed by atoms with E-state index in [4.69, 9.17) is 4.74 Å². The zero-order valence-corrected chi connectivity index (χ0v) is 10.6. The molecule has 2 unspecified atom stereocenters. The highest BCUT2D eigenvalue weighted by atomic mass is 16.5. The third kappa shape index (κ3) is 3.16. The fraction of sp³-hybridized carbons (Fsp3) is 1.00. The lowest BCUT2D eigenvalue weighted by atomic mass is 9.98. The molecule has 2 aliphatic heterocycles.